The maximum Gasteiger partial charge on any atom is 0.119 e. The Morgan fingerprint density at radius 3 is 2.48 bits per heavy atom. The molecule has 136 valence electrons. The molecule has 0 fully saturated rings. The fraction of sp³-hybridized carbons (Fsp3) is 0.455. The fourth-order valence-corrected chi connectivity index (χ4v) is 4.82. The molecule has 0 aliphatic rings. The third kappa shape index (κ3) is 4.63. The summed E-state index contributed by atoms with van der Waals surface area (Å²) >= 11 is 0. The number of benzene rings is 2. The van der Waals surface area contributed by atoms with Gasteiger partial charge in [0, 0.05) is 17.3 Å². The molecule has 2 aromatic rings. The Labute approximate surface area is 155 Å². The summed E-state index contributed by atoms with van der Waals surface area (Å²) in [6, 6.07) is 12.6. The molecule has 0 aliphatic carbocycles. The predicted molar refractivity (Wildman–Crippen MR) is 112 cm³/mol. The second kappa shape index (κ2) is 8.34. The molecule has 2 nitrogen and oxygen atoms in total. The monoisotopic (exact) mass is 357 g/mol. The first-order chi connectivity index (χ1) is 11.8. The molecule has 2 aromatic carbocycles. The normalized spacial score (nSPS) is 14.4. The maximum atomic E-state index is 10.5. The molecule has 2 unspecified atom stereocenters. The van der Waals surface area contributed by atoms with Crippen LogP contribution in [-0.2, 0) is 11.7 Å². The van der Waals surface area contributed by atoms with Crippen LogP contribution in [-0.4, -0.2) is 23.6 Å². The quantitative estimate of drug-likeness (QED) is 0.698. The van der Waals surface area contributed by atoms with Crippen LogP contribution in [0.1, 0.15) is 49.4 Å². The van der Waals surface area contributed by atoms with Crippen LogP contribution in [0.3, 0.4) is 0 Å². The third-order valence-corrected chi connectivity index (χ3v) is 7.33. The molecule has 0 bridgehead atoms. The molecule has 0 heterocycles. The first kappa shape index (κ1) is 19.9. The van der Waals surface area contributed by atoms with Crippen molar-refractivity contribution in [1.82, 2.24) is 4.90 Å². The molecule has 0 aromatic heterocycles. The molecule has 2 rings (SSSR count). The van der Waals surface area contributed by atoms with Crippen LogP contribution >= 0.6 is 8.58 Å². The topological polar surface area (TPSA) is 23.5 Å². The number of hydrogen-bond donors (Lipinski definition) is 1. The minimum absolute atomic E-state index is 0.0538. The average molecular weight is 357 g/mol. The van der Waals surface area contributed by atoms with E-state index >= 15 is 0 Å². The molecule has 25 heavy (non-hydrogen) atoms. The second-order valence-corrected chi connectivity index (χ2v) is 9.12. The number of phenolic OH excluding ortho intramolecular Hbond substituents is 1. The average Bonchev–Trinajstić information content (AvgIpc) is 2.59. The van der Waals surface area contributed by atoms with Crippen LogP contribution in [0, 0.1) is 13.8 Å². The van der Waals surface area contributed by atoms with Crippen molar-refractivity contribution in [2.75, 3.05) is 13.6 Å². The predicted octanol–water partition coefficient (Wildman–Crippen LogP) is 5.09. The summed E-state index contributed by atoms with van der Waals surface area (Å²) < 4.78 is 0. The van der Waals surface area contributed by atoms with E-state index in [1.54, 1.807) is 0 Å². The number of rotatable bonds is 7. The summed E-state index contributed by atoms with van der Waals surface area (Å²) in [4.78, 5) is 2.34. The van der Waals surface area contributed by atoms with E-state index in [9.17, 15) is 5.11 Å². The van der Waals surface area contributed by atoms with E-state index in [-0.39, 0.29) is 5.16 Å². The standard InChI is InChI=1S/C22H32NOP/c1-7-22(5,19-14-16(3)12-13-20(19)24)25-21-17(4)10-9-11-18(21)15-23(6)8-2/h9-14,24-25H,7-8,15H2,1-6H3. The van der Waals surface area contributed by atoms with Gasteiger partial charge in [-0.15, -0.1) is 0 Å². The van der Waals surface area contributed by atoms with Crippen LogP contribution in [0.25, 0.3) is 0 Å². The van der Waals surface area contributed by atoms with Gasteiger partial charge in [0.1, 0.15) is 5.75 Å². The molecule has 0 amide bonds. The molecule has 0 aliphatic heterocycles. The van der Waals surface area contributed by atoms with Gasteiger partial charge in [-0.05, 0) is 56.4 Å². The van der Waals surface area contributed by atoms with Crippen LogP contribution in [0.5, 0.6) is 5.75 Å². The van der Waals surface area contributed by atoms with E-state index in [1.165, 1.54) is 22.0 Å². The number of phenols is 1. The summed E-state index contributed by atoms with van der Waals surface area (Å²) in [5.41, 5.74) is 5.04. The highest BCUT2D eigenvalue weighted by molar-refractivity contribution is 7.48. The van der Waals surface area contributed by atoms with E-state index in [2.05, 4.69) is 70.8 Å². The van der Waals surface area contributed by atoms with Crippen molar-refractivity contribution in [1.29, 1.82) is 0 Å². The minimum Gasteiger partial charge on any atom is -0.508 e. The van der Waals surface area contributed by atoms with E-state index < -0.39 is 0 Å². The molecule has 0 radical (unpaired) electrons. The van der Waals surface area contributed by atoms with Crippen LogP contribution < -0.4 is 5.30 Å². The van der Waals surface area contributed by atoms with E-state index in [1.807, 2.05) is 12.1 Å². The van der Waals surface area contributed by atoms with Gasteiger partial charge in [-0.2, -0.15) is 0 Å². The highest BCUT2D eigenvalue weighted by atomic mass is 31.1. The Bertz CT molecular complexity index is 728. The highest BCUT2D eigenvalue weighted by Gasteiger charge is 2.29. The SMILES string of the molecule is CCN(C)Cc1cccc(C)c1PC(C)(CC)c1cc(C)ccc1O. The number of nitrogens with zero attached hydrogens (tertiary/aromatic N) is 1. The van der Waals surface area contributed by atoms with E-state index in [0.29, 0.717) is 14.3 Å². The van der Waals surface area contributed by atoms with Crippen molar-refractivity contribution in [2.45, 2.75) is 52.7 Å². The summed E-state index contributed by atoms with van der Waals surface area (Å²) in [6.45, 7) is 13.0. The largest absolute Gasteiger partial charge is 0.508 e. The van der Waals surface area contributed by atoms with Gasteiger partial charge in [0.15, 0.2) is 0 Å². The van der Waals surface area contributed by atoms with Crippen molar-refractivity contribution >= 4 is 13.9 Å². The molecule has 0 saturated carbocycles. The lowest BCUT2D eigenvalue weighted by Gasteiger charge is -2.32. The van der Waals surface area contributed by atoms with E-state index in [4.69, 9.17) is 0 Å². The van der Waals surface area contributed by atoms with Crippen LogP contribution in [0.4, 0.5) is 0 Å². The van der Waals surface area contributed by atoms with Gasteiger partial charge in [-0.1, -0.05) is 65.2 Å². The van der Waals surface area contributed by atoms with Crippen LogP contribution in [0.15, 0.2) is 36.4 Å². The molecule has 1 N–H and O–H groups in total. The highest BCUT2D eigenvalue weighted by Crippen LogP contribution is 2.48. The van der Waals surface area contributed by atoms with Crippen molar-refractivity contribution in [3.05, 3.63) is 58.7 Å². The fourth-order valence-electron chi connectivity index (χ4n) is 3.16. The Balaban J connectivity index is 2.46. The summed E-state index contributed by atoms with van der Waals surface area (Å²) in [5.74, 6) is 0.420. The zero-order valence-electron chi connectivity index (χ0n) is 16.5. The second-order valence-electron chi connectivity index (χ2n) is 7.27. The van der Waals surface area contributed by atoms with Crippen molar-refractivity contribution in [3.63, 3.8) is 0 Å². The smallest absolute Gasteiger partial charge is 0.119 e. The van der Waals surface area contributed by atoms with Crippen molar-refractivity contribution in [2.24, 2.45) is 0 Å². The summed E-state index contributed by atoms with van der Waals surface area (Å²) in [6.07, 6.45) is 1.000. The molecule has 2 atom stereocenters. The first-order valence-electron chi connectivity index (χ1n) is 9.16. The maximum absolute atomic E-state index is 10.5. The lowest BCUT2D eigenvalue weighted by molar-refractivity contribution is 0.346. The Hall–Kier alpha value is -1.37. The first-order valence-corrected chi connectivity index (χ1v) is 10.2. The third-order valence-electron chi connectivity index (χ3n) is 5.19. The van der Waals surface area contributed by atoms with Gasteiger partial charge in [-0.25, -0.2) is 0 Å². The Kier molecular flexibility index (Phi) is 6.65. The summed E-state index contributed by atoms with van der Waals surface area (Å²) in [5, 5.41) is 11.9. The molecular weight excluding hydrogens is 325 g/mol. The lowest BCUT2D eigenvalue weighted by Crippen LogP contribution is -2.25. The van der Waals surface area contributed by atoms with Crippen molar-refractivity contribution < 1.29 is 5.11 Å². The Morgan fingerprint density at radius 1 is 1.12 bits per heavy atom. The number of aromatic hydroxyl groups is 1. The van der Waals surface area contributed by atoms with Crippen LogP contribution in [0.2, 0.25) is 0 Å². The van der Waals surface area contributed by atoms with Gasteiger partial charge in [0.2, 0.25) is 0 Å². The van der Waals surface area contributed by atoms with Gasteiger partial charge in [-0.3, -0.25) is 0 Å². The molecule has 3 heteroatoms. The molecule has 0 saturated heterocycles. The Morgan fingerprint density at radius 2 is 1.84 bits per heavy atom. The van der Waals surface area contributed by atoms with Gasteiger partial charge >= 0.3 is 0 Å². The molecule has 0 spiro atoms. The zero-order valence-corrected chi connectivity index (χ0v) is 17.5. The number of hydrogen-bond acceptors (Lipinski definition) is 2. The number of aryl methyl sites for hydroxylation is 2. The minimum atomic E-state index is -0.0538. The van der Waals surface area contributed by atoms with E-state index in [0.717, 1.165) is 25.1 Å². The van der Waals surface area contributed by atoms with Gasteiger partial charge < -0.3 is 10.0 Å². The lowest BCUT2D eigenvalue weighted by atomic mass is 9.95. The van der Waals surface area contributed by atoms with Crippen molar-refractivity contribution in [3.8, 4) is 5.75 Å². The summed E-state index contributed by atoms with van der Waals surface area (Å²) in [7, 11) is 2.80. The zero-order chi connectivity index (χ0) is 18.6. The van der Waals surface area contributed by atoms with Gasteiger partial charge in [0.25, 0.3) is 0 Å². The van der Waals surface area contributed by atoms with Gasteiger partial charge in [0.05, 0.1) is 0 Å². The molecular formula is C22H32NOP.